The van der Waals surface area contributed by atoms with Crippen LogP contribution in [0.2, 0.25) is 0 Å². The molecule has 1 saturated carbocycles. The molecule has 5 nitrogen and oxygen atoms in total. The Kier molecular flexibility index (Phi) is 5.24. The first-order chi connectivity index (χ1) is 13.2. The van der Waals surface area contributed by atoms with Crippen molar-refractivity contribution in [2.24, 2.45) is 17.8 Å². The van der Waals surface area contributed by atoms with Gasteiger partial charge in [-0.2, -0.15) is 0 Å². The lowest BCUT2D eigenvalue weighted by Gasteiger charge is -2.58. The Balaban J connectivity index is 1.42. The number of ether oxygens (including phenoxy) is 1. The third kappa shape index (κ3) is 3.70. The zero-order chi connectivity index (χ0) is 20.1. The number of piperidine rings is 1. The minimum Gasteiger partial charge on any atom is -0.508 e. The highest BCUT2D eigenvalue weighted by Crippen LogP contribution is 2.52. The van der Waals surface area contributed by atoms with Gasteiger partial charge in [-0.3, -0.25) is 4.90 Å². The predicted octanol–water partition coefficient (Wildman–Crippen LogP) is 2.92. The van der Waals surface area contributed by atoms with Crippen molar-refractivity contribution in [3.05, 3.63) is 29.8 Å². The first-order valence-corrected chi connectivity index (χ1v) is 10.8. The molecular formula is C23H35NO4. The lowest BCUT2D eigenvalue weighted by molar-refractivity contribution is -0.271. The minimum atomic E-state index is -1.07. The molecule has 156 valence electrons. The largest absolute Gasteiger partial charge is 0.508 e. The Hall–Kier alpha value is -1.14. The van der Waals surface area contributed by atoms with E-state index in [1.165, 1.54) is 5.56 Å². The van der Waals surface area contributed by atoms with Crippen LogP contribution in [0.5, 0.6) is 5.75 Å². The fourth-order valence-corrected chi connectivity index (χ4v) is 5.68. The van der Waals surface area contributed by atoms with Gasteiger partial charge in [-0.15, -0.1) is 0 Å². The van der Waals surface area contributed by atoms with E-state index in [9.17, 15) is 15.3 Å². The van der Waals surface area contributed by atoms with Gasteiger partial charge >= 0.3 is 0 Å². The summed E-state index contributed by atoms with van der Waals surface area (Å²) in [4.78, 5) is 2.45. The van der Waals surface area contributed by atoms with Crippen molar-refractivity contribution in [2.75, 3.05) is 13.1 Å². The van der Waals surface area contributed by atoms with Crippen molar-refractivity contribution in [3.63, 3.8) is 0 Å². The van der Waals surface area contributed by atoms with E-state index in [0.29, 0.717) is 24.0 Å². The number of aliphatic hydroxyl groups excluding tert-OH is 1. The topological polar surface area (TPSA) is 73.2 Å². The van der Waals surface area contributed by atoms with E-state index in [1.54, 1.807) is 19.1 Å². The van der Waals surface area contributed by atoms with Crippen LogP contribution in [0.25, 0.3) is 0 Å². The second-order valence-electron chi connectivity index (χ2n) is 9.98. The van der Waals surface area contributed by atoms with E-state index in [4.69, 9.17) is 4.74 Å². The van der Waals surface area contributed by atoms with Gasteiger partial charge in [0.2, 0.25) is 0 Å². The van der Waals surface area contributed by atoms with Gasteiger partial charge in [0.1, 0.15) is 5.75 Å². The molecular weight excluding hydrogens is 354 g/mol. The Labute approximate surface area is 168 Å². The summed E-state index contributed by atoms with van der Waals surface area (Å²) in [5.74, 6) is 1.03. The van der Waals surface area contributed by atoms with Crippen molar-refractivity contribution in [3.8, 4) is 5.75 Å². The van der Waals surface area contributed by atoms with Crippen LogP contribution in [0, 0.1) is 17.8 Å². The third-order valence-corrected chi connectivity index (χ3v) is 7.73. The normalized spacial score (nSPS) is 39.0. The molecule has 2 bridgehead atoms. The molecule has 1 aromatic rings. The summed E-state index contributed by atoms with van der Waals surface area (Å²) in [5, 5.41) is 31.1. The maximum Gasteiger partial charge on any atom is 0.115 e. The Morgan fingerprint density at radius 2 is 1.71 bits per heavy atom. The molecule has 0 aromatic heterocycles. The van der Waals surface area contributed by atoms with Crippen molar-refractivity contribution < 1.29 is 20.1 Å². The number of fused-ring (bicyclic) bond motifs is 2. The number of likely N-dealkylation sites (tertiary alicyclic amines) is 1. The molecule has 3 aliphatic rings. The Bertz CT molecular complexity index is 678. The maximum absolute atomic E-state index is 11.0. The predicted molar refractivity (Wildman–Crippen MR) is 108 cm³/mol. The molecule has 2 heterocycles. The van der Waals surface area contributed by atoms with Crippen molar-refractivity contribution in [1.29, 1.82) is 0 Å². The number of aromatic hydroxyl groups is 1. The molecule has 2 aliphatic heterocycles. The number of phenolic OH excluding ortho intramolecular Hbond substituents is 1. The second kappa shape index (κ2) is 7.28. The summed E-state index contributed by atoms with van der Waals surface area (Å²) >= 11 is 0. The minimum absolute atomic E-state index is 0.00271. The third-order valence-electron chi connectivity index (χ3n) is 7.73. The van der Waals surface area contributed by atoms with Crippen LogP contribution in [0.15, 0.2) is 24.3 Å². The van der Waals surface area contributed by atoms with Gasteiger partial charge in [-0.25, -0.2) is 0 Å². The monoisotopic (exact) mass is 389 g/mol. The highest BCUT2D eigenvalue weighted by atomic mass is 16.5. The van der Waals surface area contributed by atoms with Crippen LogP contribution in [0.4, 0.5) is 0 Å². The van der Waals surface area contributed by atoms with Crippen molar-refractivity contribution in [1.82, 2.24) is 4.90 Å². The molecule has 0 spiro atoms. The van der Waals surface area contributed by atoms with E-state index < -0.39 is 11.7 Å². The van der Waals surface area contributed by atoms with E-state index >= 15 is 0 Å². The van der Waals surface area contributed by atoms with Crippen molar-refractivity contribution >= 4 is 0 Å². The second-order valence-corrected chi connectivity index (χ2v) is 9.98. The molecule has 28 heavy (non-hydrogen) atoms. The van der Waals surface area contributed by atoms with Crippen LogP contribution in [0.3, 0.4) is 0 Å². The Morgan fingerprint density at radius 3 is 2.36 bits per heavy atom. The zero-order valence-electron chi connectivity index (χ0n) is 17.3. The molecule has 5 heteroatoms. The number of nitrogens with zero attached hydrogens (tertiary/aromatic N) is 1. The average Bonchev–Trinajstić information content (AvgIpc) is 2.64. The van der Waals surface area contributed by atoms with Gasteiger partial charge in [0, 0.05) is 12.5 Å². The van der Waals surface area contributed by atoms with Gasteiger partial charge in [-0.05, 0) is 89.1 Å². The summed E-state index contributed by atoms with van der Waals surface area (Å²) in [7, 11) is 0. The fourth-order valence-electron chi connectivity index (χ4n) is 5.68. The number of hydrogen-bond donors (Lipinski definition) is 3. The van der Waals surface area contributed by atoms with E-state index in [1.807, 2.05) is 12.1 Å². The van der Waals surface area contributed by atoms with Crippen LogP contribution in [-0.4, -0.2) is 56.7 Å². The average molecular weight is 390 g/mol. The molecule has 3 fully saturated rings. The smallest absolute Gasteiger partial charge is 0.115 e. The summed E-state index contributed by atoms with van der Waals surface area (Å²) in [6.45, 7) is 9.00. The van der Waals surface area contributed by atoms with E-state index in [0.717, 1.165) is 38.9 Å². The standard InChI is InChI=1S/C23H35NO4/c1-22(2)17-12-19(23(3,27)20(26)13-17)21(28-22)16-8-10-24(11-9-16)14-15-4-6-18(25)7-5-15/h4-7,16-17,19-21,25-27H,8-14H2,1-3H3/t17?,19?,20-,21-,23-/m0/s1. The van der Waals surface area contributed by atoms with Gasteiger partial charge in [-0.1, -0.05) is 12.1 Å². The summed E-state index contributed by atoms with van der Waals surface area (Å²) in [6, 6.07) is 7.45. The molecule has 1 aliphatic carbocycles. The summed E-state index contributed by atoms with van der Waals surface area (Å²) in [6.07, 6.45) is 2.99. The lowest BCUT2D eigenvalue weighted by atomic mass is 9.60. The van der Waals surface area contributed by atoms with Gasteiger partial charge in [0.25, 0.3) is 0 Å². The molecule has 0 amide bonds. The number of phenols is 1. The lowest BCUT2D eigenvalue weighted by Crippen LogP contribution is -2.65. The van der Waals surface area contributed by atoms with Crippen molar-refractivity contribution in [2.45, 2.75) is 76.4 Å². The Morgan fingerprint density at radius 1 is 1.07 bits per heavy atom. The number of benzene rings is 1. The highest BCUT2D eigenvalue weighted by Gasteiger charge is 2.57. The number of rotatable bonds is 3. The van der Waals surface area contributed by atoms with Crippen LogP contribution >= 0.6 is 0 Å². The molecule has 3 N–H and O–H groups in total. The fraction of sp³-hybridized carbons (Fsp3) is 0.739. The first-order valence-electron chi connectivity index (χ1n) is 10.8. The van der Waals surface area contributed by atoms with Crippen LogP contribution in [-0.2, 0) is 11.3 Å². The van der Waals surface area contributed by atoms with E-state index in [-0.39, 0.29) is 17.6 Å². The molecule has 4 rings (SSSR count). The summed E-state index contributed by atoms with van der Waals surface area (Å²) < 4.78 is 6.61. The quantitative estimate of drug-likeness (QED) is 0.741. The molecule has 2 unspecified atom stereocenters. The summed E-state index contributed by atoms with van der Waals surface area (Å²) in [5.41, 5.74) is -0.102. The zero-order valence-corrected chi connectivity index (χ0v) is 17.3. The van der Waals surface area contributed by atoms with Gasteiger partial charge in [0.05, 0.1) is 23.4 Å². The van der Waals surface area contributed by atoms with Crippen LogP contribution in [0.1, 0.15) is 52.0 Å². The van der Waals surface area contributed by atoms with Gasteiger partial charge in [0.15, 0.2) is 0 Å². The number of aliphatic hydroxyl groups is 2. The highest BCUT2D eigenvalue weighted by molar-refractivity contribution is 5.25. The maximum atomic E-state index is 11.0. The number of hydrogen-bond acceptors (Lipinski definition) is 5. The van der Waals surface area contributed by atoms with Crippen LogP contribution < -0.4 is 0 Å². The SMILES string of the molecule is CC1(C)O[C@@H](C2CCN(Cc3ccc(O)cc3)CC2)C2CC1C[C@H](O)[C@@]2(C)O. The van der Waals surface area contributed by atoms with E-state index in [2.05, 4.69) is 18.7 Å². The molecule has 0 radical (unpaired) electrons. The van der Waals surface area contributed by atoms with Gasteiger partial charge < -0.3 is 20.1 Å². The molecule has 1 aromatic carbocycles. The molecule has 5 atom stereocenters. The first kappa shape index (κ1) is 20.1. The molecule has 2 saturated heterocycles.